The van der Waals surface area contributed by atoms with Crippen molar-refractivity contribution in [3.8, 4) is 11.5 Å². The van der Waals surface area contributed by atoms with Crippen LogP contribution in [0, 0.1) is 6.92 Å². The summed E-state index contributed by atoms with van der Waals surface area (Å²) < 4.78 is 11.3. The molecule has 0 amide bonds. The summed E-state index contributed by atoms with van der Waals surface area (Å²) >= 11 is 6.33. The van der Waals surface area contributed by atoms with Gasteiger partial charge in [0.1, 0.15) is 6.61 Å². The molecule has 22 heavy (non-hydrogen) atoms. The monoisotopic (exact) mass is 319 g/mol. The summed E-state index contributed by atoms with van der Waals surface area (Å²) in [6.07, 6.45) is 0. The Labute approximate surface area is 137 Å². The van der Waals surface area contributed by atoms with E-state index in [4.69, 9.17) is 21.1 Å². The van der Waals surface area contributed by atoms with Gasteiger partial charge in [0.25, 0.3) is 0 Å². The van der Waals surface area contributed by atoms with Crippen LogP contribution in [0.25, 0.3) is 0 Å². The smallest absolute Gasteiger partial charge is 0.163 e. The minimum absolute atomic E-state index is 0.492. The van der Waals surface area contributed by atoms with Gasteiger partial charge >= 0.3 is 0 Å². The molecular formula is C18H22ClNO2. The van der Waals surface area contributed by atoms with E-state index in [1.54, 1.807) is 7.11 Å². The quantitative estimate of drug-likeness (QED) is 0.823. The molecule has 0 heterocycles. The standard InChI is InChI=1S/C18H22ClNO2/c1-4-20-11-15-9-17(21-3)18(10-16(15)19)22-12-14-8-6-5-7-13(14)2/h5-10,20H,4,11-12H2,1-3H3. The molecule has 0 atom stereocenters. The molecule has 1 N–H and O–H groups in total. The average molecular weight is 320 g/mol. The molecule has 0 aliphatic carbocycles. The van der Waals surface area contributed by atoms with Crippen molar-refractivity contribution in [1.29, 1.82) is 0 Å². The normalized spacial score (nSPS) is 10.5. The lowest BCUT2D eigenvalue weighted by Crippen LogP contribution is -2.12. The summed E-state index contributed by atoms with van der Waals surface area (Å²) in [7, 11) is 1.64. The Balaban J connectivity index is 2.16. The predicted octanol–water partition coefficient (Wildman–Crippen LogP) is 4.35. The lowest BCUT2D eigenvalue weighted by molar-refractivity contribution is 0.283. The first-order valence-corrected chi connectivity index (χ1v) is 7.78. The van der Waals surface area contributed by atoms with Crippen molar-refractivity contribution < 1.29 is 9.47 Å². The maximum atomic E-state index is 6.33. The molecule has 0 unspecified atom stereocenters. The summed E-state index contributed by atoms with van der Waals surface area (Å²) in [6.45, 7) is 6.23. The van der Waals surface area contributed by atoms with Crippen LogP contribution in [-0.2, 0) is 13.2 Å². The molecule has 0 saturated heterocycles. The fourth-order valence-electron chi connectivity index (χ4n) is 2.17. The van der Waals surface area contributed by atoms with E-state index >= 15 is 0 Å². The third-order valence-electron chi connectivity index (χ3n) is 3.54. The van der Waals surface area contributed by atoms with Crippen molar-refractivity contribution in [2.75, 3.05) is 13.7 Å². The number of ether oxygens (including phenoxy) is 2. The van der Waals surface area contributed by atoms with Gasteiger partial charge in [-0.05, 0) is 36.2 Å². The molecule has 3 nitrogen and oxygen atoms in total. The Hall–Kier alpha value is -1.71. The lowest BCUT2D eigenvalue weighted by Gasteiger charge is -2.15. The van der Waals surface area contributed by atoms with E-state index in [9.17, 15) is 0 Å². The van der Waals surface area contributed by atoms with Crippen LogP contribution < -0.4 is 14.8 Å². The molecule has 0 bridgehead atoms. The highest BCUT2D eigenvalue weighted by atomic mass is 35.5. The van der Waals surface area contributed by atoms with E-state index in [2.05, 4.69) is 31.3 Å². The van der Waals surface area contributed by atoms with Gasteiger partial charge in [-0.2, -0.15) is 0 Å². The van der Waals surface area contributed by atoms with Gasteiger partial charge in [0, 0.05) is 17.6 Å². The van der Waals surface area contributed by atoms with Crippen molar-refractivity contribution in [3.63, 3.8) is 0 Å². The maximum Gasteiger partial charge on any atom is 0.163 e. The minimum Gasteiger partial charge on any atom is -0.493 e. The summed E-state index contributed by atoms with van der Waals surface area (Å²) in [5.41, 5.74) is 3.36. The summed E-state index contributed by atoms with van der Waals surface area (Å²) in [6, 6.07) is 11.9. The highest BCUT2D eigenvalue weighted by Gasteiger charge is 2.11. The van der Waals surface area contributed by atoms with Crippen molar-refractivity contribution in [3.05, 3.63) is 58.1 Å². The van der Waals surface area contributed by atoms with Gasteiger partial charge in [-0.1, -0.05) is 42.8 Å². The molecule has 0 aromatic heterocycles. The van der Waals surface area contributed by atoms with Crippen molar-refractivity contribution >= 4 is 11.6 Å². The van der Waals surface area contributed by atoms with E-state index in [0.717, 1.165) is 17.7 Å². The second-order valence-corrected chi connectivity index (χ2v) is 5.50. The van der Waals surface area contributed by atoms with Crippen LogP contribution in [0.2, 0.25) is 5.02 Å². The number of hydrogen-bond acceptors (Lipinski definition) is 3. The zero-order valence-electron chi connectivity index (χ0n) is 13.3. The van der Waals surface area contributed by atoms with Gasteiger partial charge in [-0.3, -0.25) is 0 Å². The van der Waals surface area contributed by atoms with Crippen LogP contribution >= 0.6 is 11.6 Å². The zero-order chi connectivity index (χ0) is 15.9. The number of benzene rings is 2. The third kappa shape index (κ3) is 4.15. The fraction of sp³-hybridized carbons (Fsp3) is 0.333. The van der Waals surface area contributed by atoms with Crippen molar-refractivity contribution in [2.24, 2.45) is 0 Å². The highest BCUT2D eigenvalue weighted by Crippen LogP contribution is 2.34. The van der Waals surface area contributed by atoms with Crippen LogP contribution in [0.4, 0.5) is 0 Å². The second kappa shape index (κ2) is 8.06. The van der Waals surface area contributed by atoms with E-state index in [1.165, 1.54) is 5.56 Å². The van der Waals surface area contributed by atoms with E-state index in [-0.39, 0.29) is 0 Å². The van der Waals surface area contributed by atoms with Crippen LogP contribution in [0.15, 0.2) is 36.4 Å². The van der Waals surface area contributed by atoms with Gasteiger partial charge in [0.15, 0.2) is 11.5 Å². The number of methoxy groups -OCH3 is 1. The van der Waals surface area contributed by atoms with Crippen LogP contribution in [0.5, 0.6) is 11.5 Å². The lowest BCUT2D eigenvalue weighted by atomic mass is 10.1. The van der Waals surface area contributed by atoms with Gasteiger partial charge < -0.3 is 14.8 Å². The van der Waals surface area contributed by atoms with E-state index < -0.39 is 0 Å². The van der Waals surface area contributed by atoms with E-state index in [0.29, 0.717) is 29.7 Å². The Morgan fingerprint density at radius 2 is 1.86 bits per heavy atom. The molecule has 0 aliphatic rings. The number of halogens is 1. The molecule has 0 spiro atoms. The summed E-state index contributed by atoms with van der Waals surface area (Å²) in [5, 5.41) is 3.94. The molecule has 118 valence electrons. The second-order valence-electron chi connectivity index (χ2n) is 5.09. The predicted molar refractivity (Wildman–Crippen MR) is 90.9 cm³/mol. The number of hydrogen-bond donors (Lipinski definition) is 1. The Morgan fingerprint density at radius 3 is 2.55 bits per heavy atom. The molecule has 0 saturated carbocycles. The molecule has 2 rings (SSSR count). The summed E-state index contributed by atoms with van der Waals surface area (Å²) in [4.78, 5) is 0. The fourth-order valence-corrected chi connectivity index (χ4v) is 2.39. The SMILES string of the molecule is CCNCc1cc(OC)c(OCc2ccccc2C)cc1Cl. The minimum atomic E-state index is 0.492. The summed E-state index contributed by atoms with van der Waals surface area (Å²) in [5.74, 6) is 1.36. The first kappa shape index (κ1) is 16.7. The number of rotatable bonds is 7. The maximum absolute atomic E-state index is 6.33. The van der Waals surface area contributed by atoms with Crippen LogP contribution in [-0.4, -0.2) is 13.7 Å². The first-order chi connectivity index (χ1) is 10.7. The molecular weight excluding hydrogens is 298 g/mol. The van der Waals surface area contributed by atoms with Gasteiger partial charge in [0.05, 0.1) is 7.11 Å². The molecule has 4 heteroatoms. The first-order valence-electron chi connectivity index (χ1n) is 7.40. The highest BCUT2D eigenvalue weighted by molar-refractivity contribution is 6.31. The van der Waals surface area contributed by atoms with Crippen molar-refractivity contribution in [1.82, 2.24) is 5.32 Å². The number of aryl methyl sites for hydroxylation is 1. The largest absolute Gasteiger partial charge is 0.493 e. The molecule has 2 aromatic rings. The Kier molecular flexibility index (Phi) is 6.10. The van der Waals surface area contributed by atoms with Crippen molar-refractivity contribution in [2.45, 2.75) is 27.0 Å². The Bertz CT molecular complexity index is 628. The topological polar surface area (TPSA) is 30.5 Å². The molecule has 0 radical (unpaired) electrons. The van der Waals surface area contributed by atoms with Crippen LogP contribution in [0.1, 0.15) is 23.6 Å². The van der Waals surface area contributed by atoms with Gasteiger partial charge in [-0.25, -0.2) is 0 Å². The number of nitrogens with one attached hydrogen (secondary N) is 1. The Morgan fingerprint density at radius 1 is 1.09 bits per heavy atom. The molecule has 0 aliphatic heterocycles. The average Bonchev–Trinajstić information content (AvgIpc) is 2.53. The van der Waals surface area contributed by atoms with Crippen LogP contribution in [0.3, 0.4) is 0 Å². The third-order valence-corrected chi connectivity index (χ3v) is 3.89. The zero-order valence-corrected chi connectivity index (χ0v) is 14.0. The van der Waals surface area contributed by atoms with E-state index in [1.807, 2.05) is 24.3 Å². The molecule has 2 aromatic carbocycles. The molecule has 0 fully saturated rings. The van der Waals surface area contributed by atoms with Gasteiger partial charge in [0.2, 0.25) is 0 Å². The van der Waals surface area contributed by atoms with Gasteiger partial charge in [-0.15, -0.1) is 0 Å².